The highest BCUT2D eigenvalue weighted by atomic mass is 16.1. The van der Waals surface area contributed by atoms with Gasteiger partial charge in [-0.05, 0) is 6.07 Å². The van der Waals surface area contributed by atoms with E-state index in [9.17, 15) is 4.79 Å². The SMILES string of the molecule is CCC(=O)NCc1[nH]nc2ccccc12. The van der Waals surface area contributed by atoms with Crippen LogP contribution in [0.25, 0.3) is 10.9 Å². The highest BCUT2D eigenvalue weighted by Crippen LogP contribution is 2.14. The largest absolute Gasteiger partial charge is 0.350 e. The van der Waals surface area contributed by atoms with Crippen molar-refractivity contribution in [3.8, 4) is 0 Å². The fraction of sp³-hybridized carbons (Fsp3) is 0.273. The van der Waals surface area contributed by atoms with E-state index in [1.54, 1.807) is 0 Å². The summed E-state index contributed by atoms with van der Waals surface area (Å²) in [6.45, 7) is 2.34. The number of nitrogens with zero attached hydrogens (tertiary/aromatic N) is 1. The van der Waals surface area contributed by atoms with E-state index in [1.807, 2.05) is 31.2 Å². The maximum atomic E-state index is 11.1. The summed E-state index contributed by atoms with van der Waals surface area (Å²) >= 11 is 0. The van der Waals surface area contributed by atoms with Gasteiger partial charge in [0.1, 0.15) is 0 Å². The second kappa shape index (κ2) is 4.13. The third-order valence-electron chi connectivity index (χ3n) is 2.32. The summed E-state index contributed by atoms with van der Waals surface area (Å²) in [4.78, 5) is 11.1. The van der Waals surface area contributed by atoms with Crippen LogP contribution >= 0.6 is 0 Å². The lowest BCUT2D eigenvalue weighted by Gasteiger charge is -2.00. The van der Waals surface area contributed by atoms with Crippen LogP contribution < -0.4 is 5.32 Å². The number of fused-ring (bicyclic) bond motifs is 1. The van der Waals surface area contributed by atoms with Crippen molar-refractivity contribution in [2.24, 2.45) is 0 Å². The number of rotatable bonds is 3. The van der Waals surface area contributed by atoms with Crippen LogP contribution in [-0.2, 0) is 11.3 Å². The van der Waals surface area contributed by atoms with E-state index in [-0.39, 0.29) is 5.91 Å². The van der Waals surface area contributed by atoms with Gasteiger partial charge in [-0.25, -0.2) is 0 Å². The van der Waals surface area contributed by atoms with Crippen LogP contribution in [0.2, 0.25) is 0 Å². The van der Waals surface area contributed by atoms with Crippen LogP contribution in [0.5, 0.6) is 0 Å². The van der Waals surface area contributed by atoms with Crippen LogP contribution in [0.1, 0.15) is 19.0 Å². The number of H-pyrrole nitrogens is 1. The molecule has 0 aliphatic heterocycles. The number of carbonyl (C=O) groups is 1. The van der Waals surface area contributed by atoms with Crippen molar-refractivity contribution in [1.29, 1.82) is 0 Å². The highest BCUT2D eigenvalue weighted by Gasteiger charge is 2.04. The van der Waals surface area contributed by atoms with Gasteiger partial charge in [-0.15, -0.1) is 0 Å². The van der Waals surface area contributed by atoms with Gasteiger partial charge in [0, 0.05) is 11.8 Å². The van der Waals surface area contributed by atoms with E-state index < -0.39 is 0 Å². The molecule has 0 saturated heterocycles. The molecule has 0 spiro atoms. The van der Waals surface area contributed by atoms with Crippen LogP contribution in [-0.4, -0.2) is 16.1 Å². The Hall–Kier alpha value is -1.84. The Bertz CT molecular complexity index is 475. The first-order valence-electron chi connectivity index (χ1n) is 5.00. The lowest BCUT2D eigenvalue weighted by molar-refractivity contribution is -0.120. The van der Waals surface area contributed by atoms with Crippen LogP contribution in [0, 0.1) is 0 Å². The molecule has 4 nitrogen and oxygen atoms in total. The average Bonchev–Trinajstić information content (AvgIpc) is 2.69. The summed E-state index contributed by atoms with van der Waals surface area (Å²) in [7, 11) is 0. The molecule has 1 heterocycles. The Morgan fingerprint density at radius 1 is 1.47 bits per heavy atom. The molecular weight excluding hydrogens is 190 g/mol. The van der Waals surface area contributed by atoms with Crippen molar-refractivity contribution < 1.29 is 4.79 Å². The van der Waals surface area contributed by atoms with Gasteiger partial charge in [0.15, 0.2) is 0 Å². The zero-order valence-electron chi connectivity index (χ0n) is 8.58. The van der Waals surface area contributed by atoms with E-state index in [0.29, 0.717) is 13.0 Å². The molecular formula is C11H13N3O. The molecule has 0 bridgehead atoms. The normalized spacial score (nSPS) is 10.5. The first-order valence-corrected chi connectivity index (χ1v) is 5.00. The lowest BCUT2D eigenvalue weighted by atomic mass is 10.2. The number of carbonyl (C=O) groups excluding carboxylic acids is 1. The van der Waals surface area contributed by atoms with Gasteiger partial charge >= 0.3 is 0 Å². The number of hydrogen-bond acceptors (Lipinski definition) is 2. The minimum atomic E-state index is 0.0497. The number of aromatic nitrogens is 2. The van der Waals surface area contributed by atoms with Crippen molar-refractivity contribution in [2.45, 2.75) is 19.9 Å². The van der Waals surface area contributed by atoms with E-state index in [4.69, 9.17) is 0 Å². The Morgan fingerprint density at radius 2 is 2.27 bits per heavy atom. The Morgan fingerprint density at radius 3 is 3.07 bits per heavy atom. The molecule has 4 heteroatoms. The molecule has 0 saturated carbocycles. The first-order chi connectivity index (χ1) is 7.31. The summed E-state index contributed by atoms with van der Waals surface area (Å²) in [5.74, 6) is 0.0497. The minimum absolute atomic E-state index is 0.0497. The fourth-order valence-electron chi connectivity index (χ4n) is 1.46. The second-order valence-electron chi connectivity index (χ2n) is 3.35. The standard InChI is InChI=1S/C11H13N3O/c1-2-11(15)12-7-10-8-5-3-4-6-9(8)13-14-10/h3-6H,2,7H2,1H3,(H,12,15)(H,13,14). The molecule has 1 aromatic heterocycles. The Kier molecular flexibility index (Phi) is 2.67. The summed E-state index contributed by atoms with van der Waals surface area (Å²) in [6.07, 6.45) is 0.506. The van der Waals surface area contributed by atoms with Gasteiger partial charge in [-0.1, -0.05) is 25.1 Å². The summed E-state index contributed by atoms with van der Waals surface area (Å²) in [6, 6.07) is 7.84. The summed E-state index contributed by atoms with van der Waals surface area (Å²) < 4.78 is 0. The Labute approximate surface area is 87.7 Å². The number of para-hydroxylation sites is 1. The van der Waals surface area contributed by atoms with Gasteiger partial charge in [0.25, 0.3) is 0 Å². The topological polar surface area (TPSA) is 57.8 Å². The van der Waals surface area contributed by atoms with Gasteiger partial charge in [0.05, 0.1) is 17.8 Å². The maximum Gasteiger partial charge on any atom is 0.220 e. The third-order valence-corrected chi connectivity index (χ3v) is 2.32. The van der Waals surface area contributed by atoms with Gasteiger partial charge in [-0.3, -0.25) is 9.89 Å². The molecule has 0 aliphatic rings. The van der Waals surface area contributed by atoms with Crippen LogP contribution in [0.15, 0.2) is 24.3 Å². The number of hydrogen-bond donors (Lipinski definition) is 2. The second-order valence-corrected chi connectivity index (χ2v) is 3.35. The number of nitrogens with one attached hydrogen (secondary N) is 2. The van der Waals surface area contributed by atoms with Crippen LogP contribution in [0.3, 0.4) is 0 Å². The molecule has 78 valence electrons. The maximum absolute atomic E-state index is 11.1. The zero-order valence-corrected chi connectivity index (χ0v) is 8.58. The molecule has 2 N–H and O–H groups in total. The van der Waals surface area contributed by atoms with Crippen molar-refractivity contribution in [3.63, 3.8) is 0 Å². The molecule has 0 radical (unpaired) electrons. The smallest absolute Gasteiger partial charge is 0.220 e. The number of amides is 1. The van der Waals surface area contributed by atoms with Crippen molar-refractivity contribution in [2.75, 3.05) is 0 Å². The minimum Gasteiger partial charge on any atom is -0.350 e. The molecule has 0 fully saturated rings. The predicted octanol–water partition coefficient (Wildman–Crippen LogP) is 1.59. The monoisotopic (exact) mass is 203 g/mol. The van der Waals surface area contributed by atoms with Crippen molar-refractivity contribution in [3.05, 3.63) is 30.0 Å². The van der Waals surface area contributed by atoms with Gasteiger partial charge in [0.2, 0.25) is 5.91 Å². The van der Waals surface area contributed by atoms with E-state index >= 15 is 0 Å². The molecule has 0 unspecified atom stereocenters. The number of aromatic amines is 1. The molecule has 15 heavy (non-hydrogen) atoms. The predicted molar refractivity (Wildman–Crippen MR) is 58.2 cm³/mol. The molecule has 0 aliphatic carbocycles. The van der Waals surface area contributed by atoms with Gasteiger partial charge in [-0.2, -0.15) is 5.10 Å². The van der Waals surface area contributed by atoms with E-state index in [1.165, 1.54) is 0 Å². The van der Waals surface area contributed by atoms with E-state index in [0.717, 1.165) is 16.6 Å². The molecule has 0 atom stereocenters. The number of benzene rings is 1. The van der Waals surface area contributed by atoms with Crippen molar-refractivity contribution in [1.82, 2.24) is 15.5 Å². The van der Waals surface area contributed by atoms with Crippen LogP contribution in [0.4, 0.5) is 0 Å². The van der Waals surface area contributed by atoms with E-state index in [2.05, 4.69) is 15.5 Å². The fourth-order valence-corrected chi connectivity index (χ4v) is 1.46. The highest BCUT2D eigenvalue weighted by molar-refractivity contribution is 5.82. The lowest BCUT2D eigenvalue weighted by Crippen LogP contribution is -2.21. The Balaban J connectivity index is 2.18. The molecule has 1 aromatic carbocycles. The van der Waals surface area contributed by atoms with Gasteiger partial charge < -0.3 is 5.32 Å². The molecule has 2 aromatic rings. The quantitative estimate of drug-likeness (QED) is 0.795. The third kappa shape index (κ3) is 1.98. The summed E-state index contributed by atoms with van der Waals surface area (Å²) in [5.41, 5.74) is 1.88. The molecule has 1 amide bonds. The summed E-state index contributed by atoms with van der Waals surface area (Å²) in [5, 5.41) is 11.0. The first kappa shape index (κ1) is 9.71. The van der Waals surface area contributed by atoms with Crippen molar-refractivity contribution >= 4 is 16.8 Å². The average molecular weight is 203 g/mol. The molecule has 2 rings (SSSR count). The zero-order chi connectivity index (χ0) is 10.7.